The van der Waals surface area contributed by atoms with Gasteiger partial charge in [-0.2, -0.15) is 0 Å². The Labute approximate surface area is 350 Å². The van der Waals surface area contributed by atoms with E-state index in [1.807, 2.05) is 11.3 Å². The Morgan fingerprint density at radius 3 is 2.08 bits per heavy atom. The van der Waals surface area contributed by atoms with Crippen LogP contribution in [0.15, 0.2) is 183 Å². The van der Waals surface area contributed by atoms with Gasteiger partial charge in [-0.25, -0.2) is 0 Å². The Kier molecular flexibility index (Phi) is 8.25. The van der Waals surface area contributed by atoms with Gasteiger partial charge >= 0.3 is 0 Å². The Balaban J connectivity index is 1.15. The Morgan fingerprint density at radius 2 is 1.34 bits per heavy atom. The second-order valence-electron chi connectivity index (χ2n) is 16.4. The van der Waals surface area contributed by atoms with Crippen LogP contribution >= 0.6 is 11.3 Å². The van der Waals surface area contributed by atoms with E-state index >= 15 is 0 Å². The van der Waals surface area contributed by atoms with Gasteiger partial charge in [0.15, 0.2) is 0 Å². The molecule has 2 heterocycles. The summed E-state index contributed by atoms with van der Waals surface area (Å²) in [6.07, 6.45) is 5.65. The minimum Gasteiger partial charge on any atom is -0.361 e. The fourth-order valence-corrected chi connectivity index (χ4v) is 11.4. The highest BCUT2D eigenvalue weighted by Crippen LogP contribution is 2.57. The molecule has 0 amide bonds. The summed E-state index contributed by atoms with van der Waals surface area (Å²) in [6, 6.07) is 60.3. The van der Waals surface area contributed by atoms with Gasteiger partial charge in [0.25, 0.3) is 0 Å². The monoisotopic (exact) mass is 776 g/mol. The first-order valence-electron chi connectivity index (χ1n) is 20.6. The van der Waals surface area contributed by atoms with Crippen molar-refractivity contribution in [2.45, 2.75) is 31.7 Å². The number of allylic oxidation sites excluding steroid dienone is 2. The van der Waals surface area contributed by atoms with Crippen LogP contribution in [0.4, 0.5) is 0 Å². The SMILES string of the molecule is C=C(C)c1sc2ccccc2c1C(NC(=C)n1c2c(c3cc4ccccc4cc31)CC(C)C=C2)c1ccc2c(c1)-c1ccccc1C2(c1ccccc1)c1ccccc1. The summed E-state index contributed by atoms with van der Waals surface area (Å²) < 4.78 is 3.63. The van der Waals surface area contributed by atoms with Gasteiger partial charge in [-0.15, -0.1) is 11.3 Å². The molecule has 0 aliphatic heterocycles. The molecular formula is C56H44N2S. The number of hydrogen-bond acceptors (Lipinski definition) is 2. The lowest BCUT2D eigenvalue weighted by molar-refractivity contribution is 0.705. The highest BCUT2D eigenvalue weighted by molar-refractivity contribution is 7.20. The normalized spacial score (nSPS) is 15.5. The molecule has 2 nitrogen and oxygen atoms in total. The number of rotatable bonds is 8. The van der Waals surface area contributed by atoms with E-state index in [-0.39, 0.29) is 6.04 Å². The van der Waals surface area contributed by atoms with Gasteiger partial charge in [0.2, 0.25) is 0 Å². The van der Waals surface area contributed by atoms with Gasteiger partial charge in [-0.05, 0) is 116 Å². The van der Waals surface area contributed by atoms with Crippen molar-refractivity contribution < 1.29 is 0 Å². The third-order valence-electron chi connectivity index (χ3n) is 12.8. The van der Waals surface area contributed by atoms with Crippen LogP contribution in [-0.2, 0) is 11.8 Å². The van der Waals surface area contributed by atoms with Gasteiger partial charge in [-0.1, -0.05) is 166 Å². The van der Waals surface area contributed by atoms with Crippen molar-refractivity contribution in [3.05, 3.63) is 233 Å². The van der Waals surface area contributed by atoms with Crippen LogP contribution in [0.3, 0.4) is 0 Å². The van der Waals surface area contributed by atoms with Crippen LogP contribution in [0.2, 0.25) is 0 Å². The van der Waals surface area contributed by atoms with E-state index in [2.05, 4.69) is 206 Å². The van der Waals surface area contributed by atoms with Crippen molar-refractivity contribution in [1.82, 2.24) is 9.88 Å². The fourth-order valence-electron chi connectivity index (χ4n) is 10.3. The Hall–Kier alpha value is -6.68. The predicted octanol–water partition coefficient (Wildman–Crippen LogP) is 14.4. The lowest BCUT2D eigenvalue weighted by Crippen LogP contribution is -2.28. The zero-order valence-corrected chi connectivity index (χ0v) is 34.2. The second-order valence-corrected chi connectivity index (χ2v) is 17.5. The summed E-state index contributed by atoms with van der Waals surface area (Å²) in [7, 11) is 0. The number of aromatic nitrogens is 1. The Bertz CT molecular complexity index is 3140. The first-order chi connectivity index (χ1) is 28.9. The lowest BCUT2D eigenvalue weighted by Gasteiger charge is -2.34. The van der Waals surface area contributed by atoms with Crippen LogP contribution in [0.1, 0.15) is 69.4 Å². The highest BCUT2D eigenvalue weighted by Gasteiger charge is 2.46. The molecule has 2 aliphatic rings. The molecule has 284 valence electrons. The minimum absolute atomic E-state index is 0.230. The molecule has 1 N–H and O–H groups in total. The molecule has 2 unspecified atom stereocenters. The lowest BCUT2D eigenvalue weighted by atomic mass is 9.67. The molecule has 59 heavy (non-hydrogen) atoms. The van der Waals surface area contributed by atoms with E-state index in [4.69, 9.17) is 6.58 Å². The maximum absolute atomic E-state index is 4.89. The van der Waals surface area contributed by atoms with Crippen molar-refractivity contribution >= 4 is 60.6 Å². The molecule has 11 rings (SSSR count). The zero-order chi connectivity index (χ0) is 39.8. The highest BCUT2D eigenvalue weighted by atomic mass is 32.1. The van der Waals surface area contributed by atoms with Crippen molar-refractivity contribution in [2.75, 3.05) is 0 Å². The van der Waals surface area contributed by atoms with E-state index in [0.717, 1.165) is 17.8 Å². The molecule has 0 fully saturated rings. The number of hydrogen-bond donors (Lipinski definition) is 1. The van der Waals surface area contributed by atoms with E-state index < -0.39 is 5.41 Å². The van der Waals surface area contributed by atoms with Crippen LogP contribution in [0, 0.1) is 5.92 Å². The largest absolute Gasteiger partial charge is 0.361 e. The van der Waals surface area contributed by atoms with Crippen LogP contribution in [0.5, 0.6) is 0 Å². The summed E-state index contributed by atoms with van der Waals surface area (Å²) in [5, 5.41) is 9.15. The van der Waals surface area contributed by atoms with Crippen LogP contribution in [-0.4, -0.2) is 4.57 Å². The summed E-state index contributed by atoms with van der Waals surface area (Å²) in [4.78, 5) is 1.21. The zero-order valence-electron chi connectivity index (χ0n) is 33.4. The average molecular weight is 777 g/mol. The summed E-state index contributed by atoms with van der Waals surface area (Å²) >= 11 is 1.83. The van der Waals surface area contributed by atoms with E-state index in [1.54, 1.807) is 0 Å². The van der Waals surface area contributed by atoms with Crippen molar-refractivity contribution in [2.24, 2.45) is 5.92 Å². The first kappa shape index (κ1) is 35.5. The molecule has 2 atom stereocenters. The topological polar surface area (TPSA) is 17.0 Å². The maximum atomic E-state index is 4.89. The van der Waals surface area contributed by atoms with Crippen LogP contribution in [0.25, 0.3) is 60.4 Å². The maximum Gasteiger partial charge on any atom is 0.104 e. The summed E-state index contributed by atoms with van der Waals surface area (Å²) in [5.74, 6) is 1.31. The standard InChI is InChI=1S/C56H44N2S/c1-35(2)55-53(44-24-14-16-26-52(44)59-55)54(57-37(4)58-50-30-27-36(3)31-46(50)47-32-38-17-11-12-18-39(38)34-51(47)58)40-28-29-49-45(33-40)43-23-13-15-25-48(43)56(49,41-19-7-5-8-20-41)42-21-9-6-10-22-42/h5-30,32-34,36,54,57H,1,4,31H2,2-3H3. The first-order valence-corrected chi connectivity index (χ1v) is 21.5. The molecule has 0 saturated carbocycles. The van der Waals surface area contributed by atoms with Gasteiger partial charge in [0.1, 0.15) is 5.82 Å². The molecule has 9 aromatic rings. The predicted molar refractivity (Wildman–Crippen MR) is 252 cm³/mol. The molecule has 0 bridgehead atoms. The smallest absolute Gasteiger partial charge is 0.104 e. The van der Waals surface area contributed by atoms with Crippen molar-refractivity contribution in [3.8, 4) is 11.1 Å². The molecule has 0 radical (unpaired) electrons. The van der Waals surface area contributed by atoms with E-state index in [0.29, 0.717) is 5.92 Å². The Morgan fingerprint density at radius 1 is 0.695 bits per heavy atom. The third kappa shape index (κ3) is 5.38. The number of fused-ring (bicyclic) bond motifs is 8. The number of thiophene rings is 1. The fraction of sp³-hybridized carbons (Fsp3) is 0.107. The summed E-state index contributed by atoms with van der Waals surface area (Å²) in [6.45, 7) is 13.9. The van der Waals surface area contributed by atoms with Crippen molar-refractivity contribution in [3.63, 3.8) is 0 Å². The van der Waals surface area contributed by atoms with E-state index in [1.165, 1.54) is 92.4 Å². The molecule has 2 aromatic heterocycles. The van der Waals surface area contributed by atoms with Gasteiger partial charge in [0.05, 0.1) is 22.7 Å². The quantitative estimate of drug-likeness (QED) is 0.163. The number of benzene rings is 7. The van der Waals surface area contributed by atoms with Gasteiger partial charge in [0, 0.05) is 20.5 Å². The molecule has 2 aliphatic carbocycles. The average Bonchev–Trinajstić information content (AvgIpc) is 3.91. The molecule has 7 aromatic carbocycles. The molecule has 3 heteroatoms. The van der Waals surface area contributed by atoms with Crippen LogP contribution < -0.4 is 5.32 Å². The summed E-state index contributed by atoms with van der Waals surface area (Å²) in [5.41, 5.74) is 14.4. The number of nitrogens with zero attached hydrogens (tertiary/aromatic N) is 1. The molecule has 0 spiro atoms. The van der Waals surface area contributed by atoms with Crippen molar-refractivity contribution in [1.29, 1.82) is 0 Å². The minimum atomic E-state index is -0.465. The molecular weight excluding hydrogens is 733 g/mol. The van der Waals surface area contributed by atoms with E-state index in [9.17, 15) is 0 Å². The third-order valence-corrected chi connectivity index (χ3v) is 14.1. The molecule has 0 saturated heterocycles. The second kappa shape index (κ2) is 13.7. The van der Waals surface area contributed by atoms with Gasteiger partial charge in [-0.3, -0.25) is 4.57 Å². The number of nitrogens with one attached hydrogen (secondary N) is 1. The van der Waals surface area contributed by atoms with Gasteiger partial charge < -0.3 is 5.32 Å².